The first kappa shape index (κ1) is 14.4. The Labute approximate surface area is 117 Å². The number of carboxylic acids is 1. The molecule has 1 aliphatic rings. The van der Waals surface area contributed by atoms with Gasteiger partial charge in [0.2, 0.25) is 5.91 Å². The number of ether oxygens (including phenoxy) is 1. The molecule has 108 valence electrons. The van der Waals surface area contributed by atoms with Gasteiger partial charge in [0, 0.05) is 19.3 Å². The topological polar surface area (TPSA) is 75.6 Å². The molecule has 0 radical (unpaired) electrons. The van der Waals surface area contributed by atoms with E-state index in [9.17, 15) is 9.59 Å². The van der Waals surface area contributed by atoms with Crippen LogP contribution in [0.3, 0.4) is 0 Å². The van der Waals surface area contributed by atoms with Gasteiger partial charge >= 0.3 is 5.97 Å². The molecule has 1 aliphatic heterocycles. The van der Waals surface area contributed by atoms with Crippen LogP contribution >= 0.6 is 0 Å². The number of rotatable bonds is 6. The summed E-state index contributed by atoms with van der Waals surface area (Å²) in [5.41, 5.74) is 1.16. The molecule has 5 heteroatoms. The third-order valence-corrected chi connectivity index (χ3v) is 3.30. The van der Waals surface area contributed by atoms with E-state index in [-0.39, 0.29) is 30.8 Å². The van der Waals surface area contributed by atoms with Crippen molar-refractivity contribution < 1.29 is 19.4 Å². The smallest absolute Gasteiger partial charge is 0.303 e. The number of benzene rings is 1. The lowest BCUT2D eigenvalue weighted by Crippen LogP contribution is -2.35. The highest BCUT2D eigenvalue weighted by Gasteiger charge is 2.23. The number of hydrogen-bond acceptors (Lipinski definition) is 3. The second-order valence-corrected chi connectivity index (χ2v) is 5.26. The second kappa shape index (κ2) is 6.41. The van der Waals surface area contributed by atoms with Crippen molar-refractivity contribution in [3.05, 3.63) is 29.8 Å². The van der Waals surface area contributed by atoms with E-state index in [0.717, 1.165) is 17.7 Å². The number of carbonyl (C=O) groups excluding carboxylic acids is 1. The molecule has 0 saturated carbocycles. The fourth-order valence-corrected chi connectivity index (χ4v) is 2.35. The van der Waals surface area contributed by atoms with Gasteiger partial charge in [-0.15, -0.1) is 0 Å². The molecule has 20 heavy (non-hydrogen) atoms. The molecule has 1 heterocycles. The van der Waals surface area contributed by atoms with E-state index >= 15 is 0 Å². The maximum Gasteiger partial charge on any atom is 0.303 e. The number of aliphatic carboxylic acids is 1. The third-order valence-electron chi connectivity index (χ3n) is 3.30. The molecule has 0 spiro atoms. The summed E-state index contributed by atoms with van der Waals surface area (Å²) in [5.74, 6) is -0.279. The van der Waals surface area contributed by atoms with Gasteiger partial charge in [0.05, 0.1) is 6.54 Å². The zero-order valence-corrected chi connectivity index (χ0v) is 11.5. The highest BCUT2D eigenvalue weighted by molar-refractivity contribution is 5.77. The predicted molar refractivity (Wildman–Crippen MR) is 73.6 cm³/mol. The molecule has 0 fully saturated rings. The molecule has 2 atom stereocenters. The van der Waals surface area contributed by atoms with E-state index in [1.165, 1.54) is 0 Å². The molecule has 5 nitrogen and oxygen atoms in total. The number of para-hydroxylation sites is 1. The van der Waals surface area contributed by atoms with E-state index in [0.29, 0.717) is 6.54 Å². The first-order valence-corrected chi connectivity index (χ1v) is 6.77. The van der Waals surface area contributed by atoms with Crippen molar-refractivity contribution in [1.29, 1.82) is 0 Å². The van der Waals surface area contributed by atoms with Crippen LogP contribution in [0.4, 0.5) is 0 Å². The number of fused-ring (bicyclic) bond motifs is 1. The maximum absolute atomic E-state index is 11.7. The highest BCUT2D eigenvalue weighted by atomic mass is 16.5. The number of amides is 1. The maximum atomic E-state index is 11.7. The zero-order chi connectivity index (χ0) is 14.5. The van der Waals surface area contributed by atoms with Crippen molar-refractivity contribution in [2.24, 2.45) is 5.92 Å². The Hall–Kier alpha value is -2.04. The van der Waals surface area contributed by atoms with Crippen LogP contribution in [0.5, 0.6) is 5.75 Å². The number of carbonyl (C=O) groups is 2. The van der Waals surface area contributed by atoms with Crippen molar-refractivity contribution in [3.8, 4) is 5.75 Å². The normalized spacial score (nSPS) is 17.9. The molecule has 1 aromatic rings. The second-order valence-electron chi connectivity index (χ2n) is 5.26. The zero-order valence-electron chi connectivity index (χ0n) is 11.5. The molecule has 0 aliphatic carbocycles. The van der Waals surface area contributed by atoms with Crippen molar-refractivity contribution in [2.75, 3.05) is 6.54 Å². The largest absolute Gasteiger partial charge is 0.488 e. The van der Waals surface area contributed by atoms with Crippen molar-refractivity contribution in [1.82, 2.24) is 5.32 Å². The summed E-state index contributed by atoms with van der Waals surface area (Å²) in [4.78, 5) is 22.2. The van der Waals surface area contributed by atoms with Gasteiger partial charge in [0.15, 0.2) is 0 Å². The van der Waals surface area contributed by atoms with Gasteiger partial charge in [0.25, 0.3) is 0 Å². The van der Waals surface area contributed by atoms with E-state index in [1.54, 1.807) is 6.92 Å². The quantitative estimate of drug-likeness (QED) is 0.828. The highest BCUT2D eigenvalue weighted by Crippen LogP contribution is 2.27. The molecular formula is C15H19NO4. The lowest BCUT2D eigenvalue weighted by Gasteiger charge is -2.13. The monoisotopic (exact) mass is 277 g/mol. The Balaban J connectivity index is 1.72. The van der Waals surface area contributed by atoms with Gasteiger partial charge in [-0.3, -0.25) is 9.59 Å². The molecule has 0 saturated heterocycles. The molecular weight excluding hydrogens is 258 g/mol. The number of nitrogens with one attached hydrogen (secondary N) is 1. The van der Waals surface area contributed by atoms with Gasteiger partial charge in [-0.2, -0.15) is 0 Å². The Bertz CT molecular complexity index is 475. The molecule has 2 unspecified atom stereocenters. The summed E-state index contributed by atoms with van der Waals surface area (Å²) in [6.07, 6.45) is 0.998. The first-order chi connectivity index (χ1) is 9.54. The summed E-state index contributed by atoms with van der Waals surface area (Å²) in [7, 11) is 0. The minimum Gasteiger partial charge on any atom is -0.488 e. The Morgan fingerprint density at radius 3 is 2.85 bits per heavy atom. The molecule has 2 rings (SSSR count). The van der Waals surface area contributed by atoms with Crippen molar-refractivity contribution >= 4 is 11.9 Å². The van der Waals surface area contributed by atoms with Crippen LogP contribution in [-0.4, -0.2) is 29.6 Å². The van der Waals surface area contributed by atoms with Gasteiger partial charge < -0.3 is 15.2 Å². The van der Waals surface area contributed by atoms with Crippen LogP contribution in [0.25, 0.3) is 0 Å². The average molecular weight is 277 g/mol. The minimum absolute atomic E-state index is 0.0127. The van der Waals surface area contributed by atoms with E-state index in [2.05, 4.69) is 5.32 Å². The van der Waals surface area contributed by atoms with Crippen LogP contribution in [-0.2, 0) is 16.0 Å². The van der Waals surface area contributed by atoms with Crippen LogP contribution in [0.1, 0.15) is 25.3 Å². The minimum atomic E-state index is -0.875. The van der Waals surface area contributed by atoms with Gasteiger partial charge in [-0.25, -0.2) is 0 Å². The average Bonchev–Trinajstić information content (AvgIpc) is 2.77. The molecule has 0 aromatic heterocycles. The lowest BCUT2D eigenvalue weighted by atomic mass is 10.0. The first-order valence-electron chi connectivity index (χ1n) is 6.77. The van der Waals surface area contributed by atoms with Crippen LogP contribution < -0.4 is 10.1 Å². The van der Waals surface area contributed by atoms with Crippen molar-refractivity contribution in [3.63, 3.8) is 0 Å². The van der Waals surface area contributed by atoms with Gasteiger partial charge in [0.1, 0.15) is 11.9 Å². The fraction of sp³-hybridized carbons (Fsp3) is 0.467. The summed E-state index contributed by atoms with van der Waals surface area (Å²) in [6, 6.07) is 7.84. The summed E-state index contributed by atoms with van der Waals surface area (Å²) >= 11 is 0. The SMILES string of the molecule is CC(CC(=O)O)CC(=O)NCC1Cc2ccccc2O1. The summed E-state index contributed by atoms with van der Waals surface area (Å²) < 4.78 is 5.72. The predicted octanol–water partition coefficient (Wildman–Crippen LogP) is 1.61. The Morgan fingerprint density at radius 2 is 2.15 bits per heavy atom. The van der Waals surface area contributed by atoms with Gasteiger partial charge in [-0.1, -0.05) is 25.1 Å². The molecule has 2 N–H and O–H groups in total. The fourth-order valence-electron chi connectivity index (χ4n) is 2.35. The lowest BCUT2D eigenvalue weighted by molar-refractivity contribution is -0.138. The van der Waals surface area contributed by atoms with E-state index in [4.69, 9.17) is 9.84 Å². The number of carboxylic acid groups (broad SMARTS) is 1. The van der Waals surface area contributed by atoms with Gasteiger partial charge in [-0.05, 0) is 17.5 Å². The van der Waals surface area contributed by atoms with Crippen molar-refractivity contribution in [2.45, 2.75) is 32.3 Å². The van der Waals surface area contributed by atoms with Crippen LogP contribution in [0.2, 0.25) is 0 Å². The summed E-state index contributed by atoms with van der Waals surface area (Å²) in [5, 5.41) is 11.5. The molecule has 1 aromatic carbocycles. The molecule has 1 amide bonds. The van der Waals surface area contributed by atoms with E-state index in [1.807, 2.05) is 24.3 Å². The summed E-state index contributed by atoms with van der Waals surface area (Å²) in [6.45, 7) is 2.21. The Kier molecular flexibility index (Phi) is 4.61. The third kappa shape index (κ3) is 3.98. The number of hydrogen-bond donors (Lipinski definition) is 2. The molecule has 0 bridgehead atoms. The van der Waals surface area contributed by atoms with Crippen LogP contribution in [0.15, 0.2) is 24.3 Å². The van der Waals surface area contributed by atoms with E-state index < -0.39 is 5.97 Å². The van der Waals surface area contributed by atoms with Crippen LogP contribution in [0, 0.1) is 5.92 Å². The Morgan fingerprint density at radius 1 is 1.40 bits per heavy atom. The standard InChI is InChI=1S/C15H19NO4/c1-10(7-15(18)19)6-14(17)16-9-12-8-11-4-2-3-5-13(11)20-12/h2-5,10,12H,6-9H2,1H3,(H,16,17)(H,18,19).